The molecule has 2 aromatic rings. The molecule has 2 atom stereocenters. The van der Waals surface area contributed by atoms with Gasteiger partial charge in [-0.05, 0) is 18.9 Å². The van der Waals surface area contributed by atoms with Gasteiger partial charge < -0.3 is 9.52 Å². The van der Waals surface area contributed by atoms with E-state index in [0.29, 0.717) is 28.1 Å². The second kappa shape index (κ2) is 6.05. The minimum atomic E-state index is -4.89. The quantitative estimate of drug-likeness (QED) is 0.910. The van der Waals surface area contributed by atoms with Crippen molar-refractivity contribution in [1.29, 1.82) is 0 Å². The van der Waals surface area contributed by atoms with Crippen molar-refractivity contribution >= 4 is 21.0 Å². The molecule has 132 valence electrons. The summed E-state index contributed by atoms with van der Waals surface area (Å²) in [5.41, 5.74) is 0.334. The number of para-hydroxylation sites is 1. The number of nitrogens with zero attached hydrogens (tertiary/aromatic N) is 1. The zero-order valence-corrected chi connectivity index (χ0v) is 13.3. The first-order valence-electron chi connectivity index (χ1n) is 7.46. The Kier molecular flexibility index (Phi) is 4.35. The van der Waals surface area contributed by atoms with Gasteiger partial charge in [0, 0.05) is 18.0 Å². The lowest BCUT2D eigenvalue weighted by molar-refractivity contribution is -0.219. The average Bonchev–Trinajstić information content (AvgIpc) is 2.98. The number of furan rings is 1. The molecule has 5 nitrogen and oxygen atoms in total. The molecule has 0 bridgehead atoms. The molecule has 1 aliphatic rings. The van der Waals surface area contributed by atoms with Crippen LogP contribution in [0.1, 0.15) is 19.3 Å². The van der Waals surface area contributed by atoms with Crippen molar-refractivity contribution in [2.45, 2.75) is 42.7 Å². The third-order valence-electron chi connectivity index (χ3n) is 4.16. The SMILES string of the molecule is O=S(=O)(c1cc2ccccc2o1)N1CCCC[C@@H]1[C@H](O)C(F)(F)F. The summed E-state index contributed by atoms with van der Waals surface area (Å²) in [6, 6.07) is 6.33. The Labute approximate surface area is 136 Å². The number of aliphatic hydroxyl groups is 1. The molecule has 0 amide bonds. The van der Waals surface area contributed by atoms with Crippen LogP contribution < -0.4 is 0 Å². The molecule has 24 heavy (non-hydrogen) atoms. The average molecular weight is 363 g/mol. The lowest BCUT2D eigenvalue weighted by atomic mass is 9.99. The summed E-state index contributed by atoms with van der Waals surface area (Å²) in [5, 5.41) is 9.70. The Balaban J connectivity index is 1.99. The van der Waals surface area contributed by atoms with E-state index < -0.39 is 33.4 Å². The van der Waals surface area contributed by atoms with Gasteiger partial charge in [0.25, 0.3) is 10.0 Å². The lowest BCUT2D eigenvalue weighted by Crippen LogP contribution is -2.54. The van der Waals surface area contributed by atoms with Gasteiger partial charge in [0.15, 0.2) is 6.10 Å². The van der Waals surface area contributed by atoms with Gasteiger partial charge in [-0.15, -0.1) is 0 Å². The predicted molar refractivity (Wildman–Crippen MR) is 79.8 cm³/mol. The first-order valence-corrected chi connectivity index (χ1v) is 8.90. The zero-order chi connectivity index (χ0) is 17.5. The Morgan fingerprint density at radius 3 is 2.62 bits per heavy atom. The highest BCUT2D eigenvalue weighted by atomic mass is 32.2. The number of aliphatic hydroxyl groups excluding tert-OH is 1. The van der Waals surface area contributed by atoms with Crippen molar-refractivity contribution in [1.82, 2.24) is 4.31 Å². The first-order chi connectivity index (χ1) is 11.2. The summed E-state index contributed by atoms with van der Waals surface area (Å²) >= 11 is 0. The van der Waals surface area contributed by atoms with Gasteiger partial charge in [-0.1, -0.05) is 24.6 Å². The molecular weight excluding hydrogens is 347 g/mol. The number of rotatable bonds is 3. The maximum Gasteiger partial charge on any atom is 0.415 e. The molecule has 1 fully saturated rings. The number of hydrogen-bond donors (Lipinski definition) is 1. The number of halogens is 3. The molecule has 1 saturated heterocycles. The van der Waals surface area contributed by atoms with Crippen molar-refractivity contribution in [3.63, 3.8) is 0 Å². The van der Waals surface area contributed by atoms with E-state index in [0.717, 1.165) is 0 Å². The summed E-state index contributed by atoms with van der Waals surface area (Å²) in [6.07, 6.45) is -6.81. The molecule has 1 aliphatic heterocycles. The molecule has 0 aliphatic carbocycles. The Morgan fingerprint density at radius 1 is 1.25 bits per heavy atom. The van der Waals surface area contributed by atoms with E-state index in [1.165, 1.54) is 6.07 Å². The van der Waals surface area contributed by atoms with E-state index in [4.69, 9.17) is 4.42 Å². The first kappa shape index (κ1) is 17.2. The number of fused-ring (bicyclic) bond motifs is 1. The minimum Gasteiger partial charge on any atom is -0.443 e. The van der Waals surface area contributed by atoms with Gasteiger partial charge in [-0.3, -0.25) is 0 Å². The van der Waals surface area contributed by atoms with E-state index in [1.54, 1.807) is 24.3 Å². The van der Waals surface area contributed by atoms with Crippen LogP contribution in [0.5, 0.6) is 0 Å². The largest absolute Gasteiger partial charge is 0.443 e. The topological polar surface area (TPSA) is 70.8 Å². The van der Waals surface area contributed by atoms with Crippen LogP contribution in [-0.2, 0) is 10.0 Å². The van der Waals surface area contributed by atoms with Gasteiger partial charge in [0.05, 0.1) is 6.04 Å². The summed E-state index contributed by atoms with van der Waals surface area (Å²) in [4.78, 5) is 0. The molecule has 9 heteroatoms. The van der Waals surface area contributed by atoms with Crippen LogP contribution in [0, 0.1) is 0 Å². The number of alkyl halides is 3. The van der Waals surface area contributed by atoms with Gasteiger partial charge in [0.2, 0.25) is 5.09 Å². The molecule has 0 unspecified atom stereocenters. The normalized spacial score (nSPS) is 21.9. The fourth-order valence-electron chi connectivity index (χ4n) is 2.96. The molecule has 2 heterocycles. The smallest absolute Gasteiger partial charge is 0.415 e. The summed E-state index contributed by atoms with van der Waals surface area (Å²) in [5.74, 6) is 0. The molecule has 0 saturated carbocycles. The van der Waals surface area contributed by atoms with Crippen molar-refractivity contribution in [3.05, 3.63) is 30.3 Å². The van der Waals surface area contributed by atoms with Crippen LogP contribution in [0.25, 0.3) is 11.0 Å². The summed E-state index contributed by atoms with van der Waals surface area (Å²) < 4.78 is 70.1. The van der Waals surface area contributed by atoms with E-state index in [2.05, 4.69) is 0 Å². The molecule has 3 rings (SSSR count). The van der Waals surface area contributed by atoms with Crippen molar-refractivity contribution in [3.8, 4) is 0 Å². The highest BCUT2D eigenvalue weighted by Crippen LogP contribution is 2.34. The van der Waals surface area contributed by atoms with E-state index in [9.17, 15) is 26.7 Å². The maximum absolute atomic E-state index is 12.9. The third-order valence-corrected chi connectivity index (χ3v) is 5.94. The number of sulfonamides is 1. The molecule has 1 aromatic carbocycles. The van der Waals surface area contributed by atoms with E-state index >= 15 is 0 Å². The molecule has 1 aromatic heterocycles. The number of piperidine rings is 1. The van der Waals surface area contributed by atoms with Crippen LogP contribution in [0.2, 0.25) is 0 Å². The molecule has 0 spiro atoms. The standard InChI is InChI=1S/C15H16F3NO4S/c16-15(17,18)14(20)11-6-3-4-8-19(11)24(21,22)13-9-10-5-1-2-7-12(10)23-13/h1-2,5,7,9,11,14,20H,3-4,6,8H2/t11-,14+/m1/s1. The van der Waals surface area contributed by atoms with Crippen molar-refractivity contribution in [2.24, 2.45) is 0 Å². The monoisotopic (exact) mass is 363 g/mol. The summed E-state index contributed by atoms with van der Waals surface area (Å²) in [7, 11) is -4.27. The second-order valence-electron chi connectivity index (χ2n) is 5.77. The highest BCUT2D eigenvalue weighted by Gasteiger charge is 2.49. The van der Waals surface area contributed by atoms with Crippen LogP contribution in [-0.4, -0.2) is 42.7 Å². The van der Waals surface area contributed by atoms with Gasteiger partial charge >= 0.3 is 6.18 Å². The fourth-order valence-corrected chi connectivity index (χ4v) is 4.61. The maximum atomic E-state index is 12.9. The Hall–Kier alpha value is -1.58. The van der Waals surface area contributed by atoms with Gasteiger partial charge in [-0.25, -0.2) is 8.42 Å². The van der Waals surface area contributed by atoms with E-state index in [1.807, 2.05) is 0 Å². The number of benzene rings is 1. The third kappa shape index (κ3) is 3.03. The van der Waals surface area contributed by atoms with Crippen LogP contribution in [0.15, 0.2) is 39.8 Å². The Bertz CT molecular complexity index is 798. The molecule has 1 N–H and O–H groups in total. The lowest BCUT2D eigenvalue weighted by Gasteiger charge is -2.37. The zero-order valence-electron chi connectivity index (χ0n) is 12.5. The minimum absolute atomic E-state index is 0.0554. The predicted octanol–water partition coefficient (Wildman–Crippen LogP) is 2.90. The Morgan fingerprint density at radius 2 is 1.96 bits per heavy atom. The van der Waals surface area contributed by atoms with Gasteiger partial charge in [-0.2, -0.15) is 17.5 Å². The second-order valence-corrected chi connectivity index (χ2v) is 7.59. The van der Waals surface area contributed by atoms with E-state index in [-0.39, 0.29) is 13.0 Å². The van der Waals surface area contributed by atoms with Crippen molar-refractivity contribution < 1.29 is 31.1 Å². The highest BCUT2D eigenvalue weighted by molar-refractivity contribution is 7.89. The van der Waals surface area contributed by atoms with Crippen LogP contribution >= 0.6 is 0 Å². The summed E-state index contributed by atoms with van der Waals surface area (Å²) in [6.45, 7) is -0.0861. The fraction of sp³-hybridized carbons (Fsp3) is 0.467. The van der Waals surface area contributed by atoms with Crippen molar-refractivity contribution in [2.75, 3.05) is 6.54 Å². The van der Waals surface area contributed by atoms with Gasteiger partial charge in [0.1, 0.15) is 5.58 Å². The van der Waals surface area contributed by atoms with Crippen LogP contribution in [0.3, 0.4) is 0 Å². The number of hydrogen-bond acceptors (Lipinski definition) is 4. The van der Waals surface area contributed by atoms with Crippen LogP contribution in [0.4, 0.5) is 13.2 Å². The molecule has 0 radical (unpaired) electrons. The molecular formula is C15H16F3NO4S.